The molecule has 0 aliphatic heterocycles. The molecule has 4 aromatic rings. The van der Waals surface area contributed by atoms with Crippen LogP contribution in [0.25, 0.3) is 17.1 Å². The van der Waals surface area contributed by atoms with Gasteiger partial charge < -0.3 is 18.8 Å². The van der Waals surface area contributed by atoms with Gasteiger partial charge in [-0.2, -0.15) is 0 Å². The van der Waals surface area contributed by atoms with Gasteiger partial charge in [-0.15, -0.1) is 10.2 Å². The predicted octanol–water partition coefficient (Wildman–Crippen LogP) is 2.13. The van der Waals surface area contributed by atoms with Crippen LogP contribution in [0.3, 0.4) is 0 Å². The molecule has 1 aromatic carbocycles. The van der Waals surface area contributed by atoms with Gasteiger partial charge in [-0.3, -0.25) is 13.8 Å². The summed E-state index contributed by atoms with van der Waals surface area (Å²) in [4.78, 5) is 12.9. The monoisotopic (exact) mass is 524 g/mol. The molecule has 0 spiro atoms. The van der Waals surface area contributed by atoms with Crippen LogP contribution in [0.15, 0.2) is 55.1 Å². The lowest BCUT2D eigenvalue weighted by atomic mass is 10.1. The highest BCUT2D eigenvalue weighted by atomic mass is 32.2. The lowest BCUT2D eigenvalue weighted by molar-refractivity contribution is 0.0670. The molecule has 194 valence electrons. The van der Waals surface area contributed by atoms with Crippen LogP contribution in [0.5, 0.6) is 11.5 Å². The van der Waals surface area contributed by atoms with Crippen LogP contribution < -0.4 is 14.2 Å². The number of aromatic nitrogens is 6. The predicted molar refractivity (Wildman–Crippen MR) is 134 cm³/mol. The topological polar surface area (TPSA) is 149 Å². The number of pyridine rings is 1. The van der Waals surface area contributed by atoms with Crippen LogP contribution in [0.1, 0.15) is 23.3 Å². The van der Waals surface area contributed by atoms with Gasteiger partial charge in [0.2, 0.25) is 0 Å². The first-order valence-electron chi connectivity index (χ1n) is 11.2. The Bertz CT molecular complexity index is 1330. The largest absolute Gasteiger partial charge is 0.760 e. The molecule has 0 amide bonds. The van der Waals surface area contributed by atoms with Crippen molar-refractivity contribution in [1.29, 1.82) is 0 Å². The van der Waals surface area contributed by atoms with Crippen LogP contribution in [-0.2, 0) is 22.4 Å². The molecule has 4 rings (SSSR count). The van der Waals surface area contributed by atoms with E-state index in [-0.39, 0.29) is 6.42 Å². The number of nitrogens with zero attached hydrogens (tertiary/aromatic N) is 6. The zero-order chi connectivity index (χ0) is 26.4. The molecule has 3 atom stereocenters. The molecule has 0 aliphatic carbocycles. The van der Waals surface area contributed by atoms with Gasteiger partial charge in [0.15, 0.2) is 11.6 Å². The van der Waals surface area contributed by atoms with E-state index in [1.165, 1.54) is 7.11 Å². The summed E-state index contributed by atoms with van der Waals surface area (Å²) in [6.45, 7) is 1.86. The SMILES string of the molecule is COc1cccc(OC)c1-n1c(C[C@H](NS(=O)[O-])[C@H](OC)c2ncc(C)cn2)nnc1-c1cccnc1. The normalized spacial score (nSPS) is 13.6. The van der Waals surface area contributed by atoms with E-state index in [0.717, 1.165) is 5.56 Å². The minimum atomic E-state index is -2.61. The maximum absolute atomic E-state index is 11.8. The Labute approximate surface area is 216 Å². The first-order chi connectivity index (χ1) is 18.0. The second kappa shape index (κ2) is 12.0. The summed E-state index contributed by atoms with van der Waals surface area (Å²) in [5.41, 5.74) is 2.10. The number of hydrogen-bond acceptors (Lipinski definition) is 10. The fourth-order valence-corrected chi connectivity index (χ4v) is 4.40. The summed E-state index contributed by atoms with van der Waals surface area (Å²) in [6.07, 6.45) is 5.85. The number of ether oxygens (including phenoxy) is 3. The van der Waals surface area contributed by atoms with Gasteiger partial charge in [-0.05, 0) is 36.8 Å². The zero-order valence-electron chi connectivity index (χ0n) is 20.7. The summed E-state index contributed by atoms with van der Waals surface area (Å²) in [7, 11) is 4.56. The van der Waals surface area contributed by atoms with Crippen molar-refractivity contribution < 1.29 is 23.0 Å². The highest BCUT2D eigenvalue weighted by Crippen LogP contribution is 2.36. The van der Waals surface area contributed by atoms with Gasteiger partial charge in [-0.25, -0.2) is 14.7 Å². The molecule has 1 unspecified atom stereocenters. The summed E-state index contributed by atoms with van der Waals surface area (Å²) >= 11 is -2.61. The summed E-state index contributed by atoms with van der Waals surface area (Å²) in [5.74, 6) is 2.22. The lowest BCUT2D eigenvalue weighted by Gasteiger charge is -2.27. The maximum atomic E-state index is 11.8. The molecule has 13 heteroatoms. The summed E-state index contributed by atoms with van der Waals surface area (Å²) in [5, 5.41) is 8.85. The van der Waals surface area contributed by atoms with E-state index in [0.29, 0.717) is 40.2 Å². The van der Waals surface area contributed by atoms with Crippen molar-refractivity contribution in [3.05, 3.63) is 72.3 Å². The Morgan fingerprint density at radius 2 is 1.73 bits per heavy atom. The Balaban J connectivity index is 1.88. The minimum absolute atomic E-state index is 0.0676. The Morgan fingerprint density at radius 3 is 2.30 bits per heavy atom. The first-order valence-corrected chi connectivity index (χ1v) is 12.3. The lowest BCUT2D eigenvalue weighted by Crippen LogP contribution is -2.40. The van der Waals surface area contributed by atoms with Gasteiger partial charge in [0.05, 0.1) is 20.3 Å². The molecule has 0 aliphatic rings. The van der Waals surface area contributed by atoms with Gasteiger partial charge >= 0.3 is 0 Å². The number of benzene rings is 1. The van der Waals surface area contributed by atoms with Gasteiger partial charge in [0.1, 0.15) is 29.1 Å². The smallest absolute Gasteiger partial charge is 0.170 e. The fourth-order valence-electron chi connectivity index (χ4n) is 3.95. The van der Waals surface area contributed by atoms with E-state index in [9.17, 15) is 8.76 Å². The van der Waals surface area contributed by atoms with E-state index in [1.807, 2.05) is 13.0 Å². The van der Waals surface area contributed by atoms with Crippen molar-refractivity contribution >= 4 is 11.3 Å². The summed E-state index contributed by atoms with van der Waals surface area (Å²) in [6, 6.07) is 8.18. The van der Waals surface area contributed by atoms with Crippen molar-refractivity contribution in [2.24, 2.45) is 0 Å². The molecule has 0 bridgehead atoms. The van der Waals surface area contributed by atoms with Crippen LogP contribution in [-0.4, -0.2) is 65.8 Å². The summed E-state index contributed by atoms with van der Waals surface area (Å²) < 4.78 is 44.8. The minimum Gasteiger partial charge on any atom is -0.760 e. The first kappa shape index (κ1) is 26.3. The molecular formula is C24H26N7O5S-. The zero-order valence-corrected chi connectivity index (χ0v) is 21.5. The van der Waals surface area contributed by atoms with Crippen molar-refractivity contribution in [1.82, 2.24) is 34.4 Å². The molecule has 12 nitrogen and oxygen atoms in total. The van der Waals surface area contributed by atoms with E-state index >= 15 is 0 Å². The Hall–Kier alpha value is -3.78. The Kier molecular flexibility index (Phi) is 8.50. The van der Waals surface area contributed by atoms with Gasteiger partial charge in [0, 0.05) is 55.1 Å². The highest BCUT2D eigenvalue weighted by molar-refractivity contribution is 7.77. The van der Waals surface area contributed by atoms with Gasteiger partial charge in [-0.1, -0.05) is 6.07 Å². The van der Waals surface area contributed by atoms with Crippen molar-refractivity contribution in [3.8, 4) is 28.6 Å². The highest BCUT2D eigenvalue weighted by Gasteiger charge is 2.30. The number of methoxy groups -OCH3 is 3. The number of aryl methyl sites for hydroxylation is 1. The molecule has 37 heavy (non-hydrogen) atoms. The van der Waals surface area contributed by atoms with Crippen molar-refractivity contribution in [2.75, 3.05) is 21.3 Å². The third kappa shape index (κ3) is 5.80. The average molecular weight is 525 g/mol. The van der Waals surface area contributed by atoms with Crippen molar-refractivity contribution in [2.45, 2.75) is 25.5 Å². The number of hydrogen-bond donors (Lipinski definition) is 1. The van der Waals surface area contributed by atoms with Crippen molar-refractivity contribution in [3.63, 3.8) is 0 Å². The average Bonchev–Trinajstić information content (AvgIpc) is 3.32. The number of para-hydroxylation sites is 1. The van der Waals surface area contributed by atoms with E-state index in [2.05, 4.69) is 29.9 Å². The molecule has 1 N–H and O–H groups in total. The molecule has 3 aromatic heterocycles. The van der Waals surface area contributed by atoms with Crippen LogP contribution in [0.4, 0.5) is 0 Å². The number of nitrogens with one attached hydrogen (secondary N) is 1. The third-order valence-electron chi connectivity index (χ3n) is 5.60. The molecule has 3 heterocycles. The maximum Gasteiger partial charge on any atom is 0.170 e. The standard InChI is InChI=1S/C24H27N7O5S/c1-15-12-26-23(27-13-15)22(36-4)17(30-37(32)33)11-20-28-29-24(16-7-6-10-25-14-16)31(20)21-18(34-2)8-5-9-19(21)35-3/h5-10,12-14,17,22,30H,11H2,1-4H3,(H,32,33)/p-1/t17-,22-/m0/s1. The van der Waals surface area contributed by atoms with E-state index in [4.69, 9.17) is 14.2 Å². The molecule has 0 saturated heterocycles. The molecule has 0 fully saturated rings. The van der Waals surface area contributed by atoms with Crippen LogP contribution in [0, 0.1) is 6.92 Å². The number of rotatable bonds is 11. The third-order valence-corrected chi connectivity index (χ3v) is 6.10. The quantitative estimate of drug-likeness (QED) is 0.289. The van der Waals surface area contributed by atoms with E-state index in [1.54, 1.807) is 67.8 Å². The fraction of sp³-hybridized carbons (Fsp3) is 0.292. The molecule has 0 radical (unpaired) electrons. The Morgan fingerprint density at radius 1 is 1.03 bits per heavy atom. The van der Waals surface area contributed by atoms with Crippen LogP contribution in [0.2, 0.25) is 0 Å². The van der Waals surface area contributed by atoms with Gasteiger partial charge in [0.25, 0.3) is 0 Å². The second-order valence-electron chi connectivity index (χ2n) is 7.97. The second-order valence-corrected chi connectivity index (χ2v) is 8.67. The molecular weight excluding hydrogens is 498 g/mol. The molecule has 0 saturated carbocycles. The van der Waals surface area contributed by atoms with Crippen LogP contribution >= 0.6 is 0 Å². The van der Waals surface area contributed by atoms with E-state index < -0.39 is 23.4 Å².